The second-order valence-electron chi connectivity index (χ2n) is 7.43. The molecular formula is C16H26O2. The monoisotopic (exact) mass is 250 g/mol. The summed E-state index contributed by atoms with van der Waals surface area (Å²) in [6, 6.07) is 0. The van der Waals surface area contributed by atoms with Crippen molar-refractivity contribution in [2.75, 3.05) is 0 Å². The fourth-order valence-electron chi connectivity index (χ4n) is 6.66. The molecule has 4 rings (SSSR count). The van der Waals surface area contributed by atoms with Gasteiger partial charge >= 0.3 is 0 Å². The SMILES string of the molecule is CCC1(OC(C)O)CC2CC1C1C3CCC(C3)C21. The maximum Gasteiger partial charge on any atom is 0.152 e. The molecule has 4 fully saturated rings. The molecule has 8 unspecified atom stereocenters. The van der Waals surface area contributed by atoms with Crippen LogP contribution >= 0.6 is 0 Å². The molecule has 0 radical (unpaired) electrons. The summed E-state index contributed by atoms with van der Waals surface area (Å²) in [5.74, 6) is 5.69. The lowest BCUT2D eigenvalue weighted by Gasteiger charge is -2.46. The Bertz CT molecular complexity index is 353. The summed E-state index contributed by atoms with van der Waals surface area (Å²) in [4.78, 5) is 0. The van der Waals surface area contributed by atoms with Gasteiger partial charge in [0.15, 0.2) is 6.29 Å². The van der Waals surface area contributed by atoms with Crippen LogP contribution in [0, 0.1) is 35.5 Å². The summed E-state index contributed by atoms with van der Waals surface area (Å²) in [6.45, 7) is 4.03. The Morgan fingerprint density at radius 3 is 2.56 bits per heavy atom. The summed E-state index contributed by atoms with van der Waals surface area (Å²) in [5.41, 5.74) is 0.0183. The van der Waals surface area contributed by atoms with Crippen molar-refractivity contribution in [3.05, 3.63) is 0 Å². The van der Waals surface area contributed by atoms with Crippen molar-refractivity contribution >= 4 is 0 Å². The molecule has 2 heteroatoms. The number of aliphatic hydroxyl groups excluding tert-OH is 1. The minimum Gasteiger partial charge on any atom is -0.368 e. The van der Waals surface area contributed by atoms with Crippen molar-refractivity contribution in [3.63, 3.8) is 0 Å². The van der Waals surface area contributed by atoms with Crippen molar-refractivity contribution in [3.8, 4) is 0 Å². The van der Waals surface area contributed by atoms with Crippen LogP contribution in [0.5, 0.6) is 0 Å². The molecule has 1 N–H and O–H groups in total. The molecule has 0 saturated heterocycles. The van der Waals surface area contributed by atoms with Crippen LogP contribution < -0.4 is 0 Å². The van der Waals surface area contributed by atoms with E-state index in [2.05, 4.69) is 6.92 Å². The van der Waals surface area contributed by atoms with Crippen LogP contribution in [-0.2, 0) is 4.74 Å². The van der Waals surface area contributed by atoms with E-state index in [4.69, 9.17) is 4.74 Å². The Labute approximate surface area is 110 Å². The van der Waals surface area contributed by atoms with Crippen LogP contribution in [0.2, 0.25) is 0 Å². The average Bonchev–Trinajstić information content (AvgIpc) is 3.05. The van der Waals surface area contributed by atoms with Crippen LogP contribution in [0.15, 0.2) is 0 Å². The Hall–Kier alpha value is -0.0800. The van der Waals surface area contributed by atoms with E-state index in [1.54, 1.807) is 6.92 Å². The summed E-state index contributed by atoms with van der Waals surface area (Å²) < 4.78 is 6.05. The highest BCUT2D eigenvalue weighted by Crippen LogP contribution is 2.70. The molecule has 8 atom stereocenters. The lowest BCUT2D eigenvalue weighted by molar-refractivity contribution is -0.210. The summed E-state index contributed by atoms with van der Waals surface area (Å²) in [5, 5.41) is 9.69. The van der Waals surface area contributed by atoms with E-state index in [-0.39, 0.29) is 5.60 Å². The molecule has 4 saturated carbocycles. The minimum absolute atomic E-state index is 0.0183. The molecular weight excluding hydrogens is 224 g/mol. The standard InChI is InChI=1S/C16H26O2/c1-3-16(18-9(2)17)8-12-7-13(16)15-11-5-4-10(6-11)14(12)15/h9-15,17H,3-8H2,1-2H3. The van der Waals surface area contributed by atoms with Crippen LogP contribution in [0.1, 0.15) is 52.4 Å². The number of fused-ring (bicyclic) bond motifs is 9. The predicted molar refractivity (Wildman–Crippen MR) is 69.8 cm³/mol. The zero-order chi connectivity index (χ0) is 12.5. The smallest absolute Gasteiger partial charge is 0.152 e. The van der Waals surface area contributed by atoms with E-state index in [0.717, 1.165) is 41.9 Å². The van der Waals surface area contributed by atoms with Gasteiger partial charge in [0.05, 0.1) is 5.60 Å². The van der Waals surface area contributed by atoms with Crippen LogP contribution in [-0.4, -0.2) is 17.0 Å². The number of aliphatic hydroxyl groups is 1. The molecule has 4 bridgehead atoms. The van der Waals surface area contributed by atoms with Crippen molar-refractivity contribution in [1.29, 1.82) is 0 Å². The highest BCUT2D eigenvalue weighted by molar-refractivity contribution is 5.16. The zero-order valence-electron chi connectivity index (χ0n) is 11.6. The van der Waals surface area contributed by atoms with Crippen molar-refractivity contribution in [2.24, 2.45) is 35.5 Å². The Morgan fingerprint density at radius 1 is 1.17 bits per heavy atom. The third-order valence-corrected chi connectivity index (χ3v) is 6.90. The van der Waals surface area contributed by atoms with Gasteiger partial charge in [-0.2, -0.15) is 0 Å². The molecule has 0 aliphatic heterocycles. The van der Waals surface area contributed by atoms with Crippen LogP contribution in [0.25, 0.3) is 0 Å². The first-order chi connectivity index (χ1) is 8.64. The Morgan fingerprint density at radius 2 is 1.89 bits per heavy atom. The molecule has 2 nitrogen and oxygen atoms in total. The maximum absolute atomic E-state index is 9.69. The van der Waals surface area contributed by atoms with Gasteiger partial charge in [-0.1, -0.05) is 6.92 Å². The third-order valence-electron chi connectivity index (χ3n) is 6.90. The maximum atomic E-state index is 9.69. The van der Waals surface area contributed by atoms with Gasteiger partial charge in [0.2, 0.25) is 0 Å². The van der Waals surface area contributed by atoms with Crippen LogP contribution in [0.3, 0.4) is 0 Å². The second kappa shape index (κ2) is 3.73. The predicted octanol–water partition coefficient (Wildman–Crippen LogP) is 3.19. The quantitative estimate of drug-likeness (QED) is 0.615. The fraction of sp³-hybridized carbons (Fsp3) is 1.00. The van der Waals surface area contributed by atoms with Crippen molar-refractivity contribution < 1.29 is 9.84 Å². The van der Waals surface area contributed by atoms with Gasteiger partial charge in [-0.3, -0.25) is 0 Å². The molecule has 0 aromatic rings. The first-order valence-electron chi connectivity index (χ1n) is 8.00. The molecule has 0 aromatic carbocycles. The molecule has 0 spiro atoms. The van der Waals surface area contributed by atoms with E-state index in [0.29, 0.717) is 0 Å². The third kappa shape index (κ3) is 1.31. The molecule has 0 heterocycles. The van der Waals surface area contributed by atoms with Gasteiger partial charge in [0, 0.05) is 0 Å². The van der Waals surface area contributed by atoms with Gasteiger partial charge in [-0.25, -0.2) is 0 Å². The Balaban J connectivity index is 1.64. The van der Waals surface area contributed by atoms with Gasteiger partial charge in [-0.05, 0) is 81.0 Å². The average molecular weight is 250 g/mol. The van der Waals surface area contributed by atoms with Gasteiger partial charge in [0.25, 0.3) is 0 Å². The molecule has 18 heavy (non-hydrogen) atoms. The number of rotatable bonds is 3. The topological polar surface area (TPSA) is 29.5 Å². The lowest BCUT2D eigenvalue weighted by atomic mass is 9.65. The molecule has 4 aliphatic rings. The molecule has 102 valence electrons. The highest BCUT2D eigenvalue weighted by Gasteiger charge is 2.67. The van der Waals surface area contributed by atoms with Crippen molar-refractivity contribution in [1.82, 2.24) is 0 Å². The number of hydrogen-bond donors (Lipinski definition) is 1. The second-order valence-corrected chi connectivity index (χ2v) is 7.43. The van der Waals surface area contributed by atoms with Gasteiger partial charge in [-0.15, -0.1) is 0 Å². The van der Waals surface area contributed by atoms with E-state index in [9.17, 15) is 5.11 Å². The van der Waals surface area contributed by atoms with E-state index in [1.165, 1.54) is 32.1 Å². The van der Waals surface area contributed by atoms with Crippen LogP contribution in [0.4, 0.5) is 0 Å². The number of hydrogen-bond acceptors (Lipinski definition) is 2. The molecule has 0 aromatic heterocycles. The largest absolute Gasteiger partial charge is 0.368 e. The van der Waals surface area contributed by atoms with E-state index in [1.807, 2.05) is 0 Å². The highest BCUT2D eigenvalue weighted by atomic mass is 16.6. The van der Waals surface area contributed by atoms with Gasteiger partial charge < -0.3 is 9.84 Å². The first-order valence-corrected chi connectivity index (χ1v) is 8.00. The summed E-state index contributed by atoms with van der Waals surface area (Å²) in [7, 11) is 0. The Kier molecular flexibility index (Phi) is 2.43. The molecule has 4 aliphatic carbocycles. The van der Waals surface area contributed by atoms with Crippen molar-refractivity contribution in [2.45, 2.75) is 64.3 Å². The molecule has 0 amide bonds. The first kappa shape index (κ1) is 11.7. The zero-order valence-corrected chi connectivity index (χ0v) is 11.6. The summed E-state index contributed by atoms with van der Waals surface area (Å²) in [6.07, 6.45) is 7.60. The van der Waals surface area contributed by atoms with E-state index >= 15 is 0 Å². The normalized spacial score (nSPS) is 58.2. The number of ether oxygens (including phenoxy) is 1. The lowest BCUT2D eigenvalue weighted by Crippen LogP contribution is -2.47. The van der Waals surface area contributed by atoms with Gasteiger partial charge in [0.1, 0.15) is 0 Å². The van der Waals surface area contributed by atoms with E-state index < -0.39 is 6.29 Å². The summed E-state index contributed by atoms with van der Waals surface area (Å²) >= 11 is 0. The fourth-order valence-corrected chi connectivity index (χ4v) is 6.66. The minimum atomic E-state index is -0.596.